The molecule has 0 aliphatic heterocycles. The van der Waals surface area contributed by atoms with Gasteiger partial charge in [0.2, 0.25) is 0 Å². The van der Waals surface area contributed by atoms with Crippen LogP contribution < -0.4 is 0 Å². The Morgan fingerprint density at radius 2 is 2.44 bits per heavy atom. The Morgan fingerprint density at radius 1 is 1.62 bits per heavy atom. The molecule has 0 spiro atoms. The topological polar surface area (TPSA) is 70.9 Å². The summed E-state index contributed by atoms with van der Waals surface area (Å²) in [4.78, 5) is 10.4. The van der Waals surface area contributed by atoms with Gasteiger partial charge in [-0.15, -0.1) is 0 Å². The molecule has 2 rings (SSSR count). The second-order valence-electron chi connectivity index (χ2n) is 3.74. The number of nitrogens with zero attached hydrogens (tertiary/aromatic N) is 2. The Morgan fingerprint density at radius 3 is 3.06 bits per heavy atom. The number of hydrogen-bond acceptors (Lipinski definition) is 2. The summed E-state index contributed by atoms with van der Waals surface area (Å²) in [5, 5.41) is 15.6. The van der Waals surface area contributed by atoms with Gasteiger partial charge in [-0.1, -0.05) is 0 Å². The molecule has 0 atom stereocenters. The molecule has 2 heterocycles. The van der Waals surface area contributed by atoms with Crippen LogP contribution in [0.25, 0.3) is 11.3 Å². The van der Waals surface area contributed by atoms with E-state index < -0.39 is 5.97 Å². The summed E-state index contributed by atoms with van der Waals surface area (Å²) in [6.07, 6.45) is 4.52. The number of hydrogen-bond donors (Lipinski definition) is 2. The first-order chi connectivity index (χ1) is 7.65. The van der Waals surface area contributed by atoms with Crippen molar-refractivity contribution in [3.8, 4) is 11.3 Å². The first kappa shape index (κ1) is 10.5. The van der Waals surface area contributed by atoms with Crippen LogP contribution in [0.2, 0.25) is 0 Å². The number of nitrogens with one attached hydrogen (secondary N) is 1. The van der Waals surface area contributed by atoms with Gasteiger partial charge in [0.1, 0.15) is 0 Å². The molecule has 0 saturated carbocycles. The minimum Gasteiger partial charge on any atom is -0.481 e. The van der Waals surface area contributed by atoms with E-state index in [9.17, 15) is 4.79 Å². The fourth-order valence-electron chi connectivity index (χ4n) is 1.53. The largest absolute Gasteiger partial charge is 0.481 e. The third-order valence-corrected chi connectivity index (χ3v) is 2.37. The van der Waals surface area contributed by atoms with Crippen molar-refractivity contribution < 1.29 is 9.90 Å². The Hall–Kier alpha value is -2.04. The highest BCUT2D eigenvalue weighted by Crippen LogP contribution is 2.17. The van der Waals surface area contributed by atoms with Crippen LogP contribution in [0.4, 0.5) is 0 Å². The average Bonchev–Trinajstić information content (AvgIpc) is 2.83. The Balaban J connectivity index is 2.10. The molecule has 0 fully saturated rings. The summed E-state index contributed by atoms with van der Waals surface area (Å²) in [7, 11) is 1.95. The maximum absolute atomic E-state index is 10.4. The highest BCUT2D eigenvalue weighted by molar-refractivity contribution is 5.67. The first-order valence-electron chi connectivity index (χ1n) is 5.03. The van der Waals surface area contributed by atoms with Crippen LogP contribution in [0.5, 0.6) is 0 Å². The molecular formula is C11H13N3O2. The molecule has 0 unspecified atom stereocenters. The Bertz CT molecular complexity index is 499. The van der Waals surface area contributed by atoms with Crippen LogP contribution in [0.3, 0.4) is 0 Å². The number of aromatic nitrogens is 3. The number of carbonyl (C=O) groups is 1. The lowest BCUT2D eigenvalue weighted by Crippen LogP contribution is -1.97. The van der Waals surface area contributed by atoms with E-state index in [-0.39, 0.29) is 6.42 Å². The second kappa shape index (κ2) is 4.22. The van der Waals surface area contributed by atoms with Crippen LogP contribution in [0, 0.1) is 0 Å². The number of aryl methyl sites for hydroxylation is 2. The van der Waals surface area contributed by atoms with E-state index in [1.165, 1.54) is 0 Å². The van der Waals surface area contributed by atoms with E-state index >= 15 is 0 Å². The van der Waals surface area contributed by atoms with Gasteiger partial charge in [0.25, 0.3) is 0 Å². The Labute approximate surface area is 92.7 Å². The lowest BCUT2D eigenvalue weighted by molar-refractivity contribution is -0.136. The number of carboxylic acid groups (broad SMARTS) is 1. The third kappa shape index (κ3) is 2.31. The fourth-order valence-corrected chi connectivity index (χ4v) is 1.53. The lowest BCUT2D eigenvalue weighted by atomic mass is 10.2. The van der Waals surface area contributed by atoms with Gasteiger partial charge in [-0.05, 0) is 18.6 Å². The van der Waals surface area contributed by atoms with Crippen molar-refractivity contribution in [1.82, 2.24) is 14.8 Å². The molecule has 0 bridgehead atoms. The minimum absolute atomic E-state index is 0.121. The molecule has 0 radical (unpaired) electrons. The van der Waals surface area contributed by atoms with Gasteiger partial charge in [-0.25, -0.2) is 0 Å². The van der Waals surface area contributed by atoms with E-state index in [2.05, 4.69) is 10.2 Å². The zero-order chi connectivity index (χ0) is 11.5. The monoisotopic (exact) mass is 219 g/mol. The van der Waals surface area contributed by atoms with Crippen molar-refractivity contribution in [3.63, 3.8) is 0 Å². The van der Waals surface area contributed by atoms with Crippen molar-refractivity contribution in [2.75, 3.05) is 0 Å². The van der Waals surface area contributed by atoms with Gasteiger partial charge in [0.05, 0.1) is 12.1 Å². The predicted octanol–water partition coefficient (Wildman–Crippen LogP) is 1.43. The average molecular weight is 219 g/mol. The van der Waals surface area contributed by atoms with Gasteiger partial charge in [-0.2, -0.15) is 5.10 Å². The molecule has 2 aromatic heterocycles. The number of aliphatic carboxylic acids is 1. The smallest absolute Gasteiger partial charge is 0.303 e. The van der Waals surface area contributed by atoms with Crippen molar-refractivity contribution in [2.45, 2.75) is 12.8 Å². The summed E-state index contributed by atoms with van der Waals surface area (Å²) in [5.74, 6) is -0.795. The molecule has 0 aliphatic rings. The lowest BCUT2D eigenvalue weighted by Gasteiger charge is -1.90. The molecular weight excluding hydrogens is 206 g/mol. The highest BCUT2D eigenvalue weighted by Gasteiger charge is 2.06. The van der Waals surface area contributed by atoms with Crippen LogP contribution in [-0.4, -0.2) is 25.8 Å². The summed E-state index contributed by atoms with van der Waals surface area (Å²) >= 11 is 0. The molecule has 16 heavy (non-hydrogen) atoms. The van der Waals surface area contributed by atoms with E-state index in [0.29, 0.717) is 6.42 Å². The number of carboxylic acids is 1. The van der Waals surface area contributed by atoms with Crippen molar-refractivity contribution >= 4 is 5.97 Å². The van der Waals surface area contributed by atoms with E-state index in [1.807, 2.05) is 36.1 Å². The molecule has 5 nitrogen and oxygen atoms in total. The molecule has 2 aromatic rings. The fraction of sp³-hybridized carbons (Fsp3) is 0.273. The minimum atomic E-state index is -0.795. The van der Waals surface area contributed by atoms with Gasteiger partial charge in [0, 0.05) is 30.7 Å². The number of H-pyrrole nitrogens is 1. The summed E-state index contributed by atoms with van der Waals surface area (Å²) in [5.41, 5.74) is 2.72. The highest BCUT2D eigenvalue weighted by atomic mass is 16.4. The van der Waals surface area contributed by atoms with Crippen molar-refractivity contribution in [1.29, 1.82) is 0 Å². The molecule has 0 aromatic carbocycles. The standard InChI is InChI=1S/C11H13N3O2/c1-14-5-4-8(7-14)10-6-9(12-13-10)2-3-11(15)16/h4-7H,2-3H2,1H3,(H,12,13)(H,15,16). The normalized spacial score (nSPS) is 10.6. The zero-order valence-corrected chi connectivity index (χ0v) is 8.97. The molecule has 2 N–H and O–H groups in total. The molecule has 0 amide bonds. The molecule has 84 valence electrons. The van der Waals surface area contributed by atoms with Crippen LogP contribution in [0.1, 0.15) is 12.1 Å². The zero-order valence-electron chi connectivity index (χ0n) is 8.97. The summed E-state index contributed by atoms with van der Waals surface area (Å²) < 4.78 is 1.95. The number of rotatable bonds is 4. The van der Waals surface area contributed by atoms with Crippen molar-refractivity contribution in [2.24, 2.45) is 7.05 Å². The van der Waals surface area contributed by atoms with Crippen LogP contribution in [0.15, 0.2) is 24.5 Å². The Kier molecular flexibility index (Phi) is 2.76. The molecule has 0 aliphatic carbocycles. The predicted molar refractivity (Wildman–Crippen MR) is 59.0 cm³/mol. The summed E-state index contributed by atoms with van der Waals surface area (Å²) in [6, 6.07) is 3.86. The van der Waals surface area contributed by atoms with E-state index in [0.717, 1.165) is 17.0 Å². The third-order valence-electron chi connectivity index (χ3n) is 2.37. The number of aromatic amines is 1. The SMILES string of the molecule is Cn1ccc(-c2cc(CCC(=O)O)[nH]n2)c1. The van der Waals surface area contributed by atoms with Crippen LogP contribution in [-0.2, 0) is 18.3 Å². The van der Waals surface area contributed by atoms with E-state index in [4.69, 9.17) is 5.11 Å². The summed E-state index contributed by atoms with van der Waals surface area (Å²) in [6.45, 7) is 0. The molecule has 5 heteroatoms. The maximum atomic E-state index is 10.4. The van der Waals surface area contributed by atoms with Crippen molar-refractivity contribution in [3.05, 3.63) is 30.2 Å². The quantitative estimate of drug-likeness (QED) is 0.817. The second-order valence-corrected chi connectivity index (χ2v) is 3.74. The van der Waals surface area contributed by atoms with Gasteiger partial charge < -0.3 is 9.67 Å². The van der Waals surface area contributed by atoms with Gasteiger partial charge in [0.15, 0.2) is 0 Å². The molecule has 0 saturated heterocycles. The first-order valence-corrected chi connectivity index (χ1v) is 5.03. The van der Waals surface area contributed by atoms with E-state index in [1.54, 1.807) is 0 Å². The maximum Gasteiger partial charge on any atom is 0.303 e. The van der Waals surface area contributed by atoms with Gasteiger partial charge >= 0.3 is 5.97 Å². The van der Waals surface area contributed by atoms with Gasteiger partial charge in [-0.3, -0.25) is 9.89 Å². The van der Waals surface area contributed by atoms with Crippen LogP contribution >= 0.6 is 0 Å².